The average Bonchev–Trinajstić information content (AvgIpc) is 2.19. The van der Waals surface area contributed by atoms with Gasteiger partial charge in [0.05, 0.1) is 0 Å². The van der Waals surface area contributed by atoms with E-state index in [4.69, 9.17) is 0 Å². The number of hydrogen-bond donors (Lipinski definition) is 2. The standard InChI is InChI=1S/C14H26N2O/c1-11-7-5-6-8-12(11)16-13(17)15-10-9-14(2,3)4/h9-12H,5-8H2,1-4H3,(H2,15,16,17)/b10-9+. The second-order valence-electron chi connectivity index (χ2n) is 6.19. The third kappa shape index (κ3) is 5.76. The number of amides is 2. The third-order valence-corrected chi connectivity index (χ3v) is 3.23. The predicted molar refractivity (Wildman–Crippen MR) is 71.7 cm³/mol. The van der Waals surface area contributed by atoms with E-state index in [1.165, 1.54) is 19.3 Å². The number of carbonyl (C=O) groups is 1. The molecule has 2 N–H and O–H groups in total. The molecule has 17 heavy (non-hydrogen) atoms. The van der Waals surface area contributed by atoms with Crippen molar-refractivity contribution < 1.29 is 4.79 Å². The molecule has 98 valence electrons. The van der Waals surface area contributed by atoms with E-state index in [9.17, 15) is 4.79 Å². The maximum Gasteiger partial charge on any atom is 0.318 e. The van der Waals surface area contributed by atoms with Gasteiger partial charge in [0.1, 0.15) is 0 Å². The summed E-state index contributed by atoms with van der Waals surface area (Å²) < 4.78 is 0. The summed E-state index contributed by atoms with van der Waals surface area (Å²) in [4.78, 5) is 11.7. The number of hydrogen-bond acceptors (Lipinski definition) is 1. The number of nitrogens with one attached hydrogen (secondary N) is 2. The van der Waals surface area contributed by atoms with Gasteiger partial charge in [-0.1, -0.05) is 46.6 Å². The first kappa shape index (κ1) is 14.1. The van der Waals surface area contributed by atoms with Crippen LogP contribution in [0.15, 0.2) is 12.3 Å². The maximum absolute atomic E-state index is 11.7. The second-order valence-corrected chi connectivity index (χ2v) is 6.19. The molecule has 0 aliphatic heterocycles. The van der Waals surface area contributed by atoms with E-state index >= 15 is 0 Å². The molecular formula is C14H26N2O. The summed E-state index contributed by atoms with van der Waals surface area (Å²) >= 11 is 0. The molecule has 2 amide bonds. The van der Waals surface area contributed by atoms with Gasteiger partial charge >= 0.3 is 6.03 Å². The van der Waals surface area contributed by atoms with Crippen molar-refractivity contribution >= 4 is 6.03 Å². The van der Waals surface area contributed by atoms with Gasteiger partial charge in [-0.3, -0.25) is 0 Å². The molecule has 1 saturated carbocycles. The Labute approximate surface area is 105 Å². The normalized spacial score (nSPS) is 25.9. The predicted octanol–water partition coefficient (Wildman–Crippen LogP) is 3.42. The molecule has 0 radical (unpaired) electrons. The molecule has 0 aromatic heterocycles. The zero-order valence-corrected chi connectivity index (χ0v) is 11.5. The van der Waals surface area contributed by atoms with Gasteiger partial charge in [-0.15, -0.1) is 0 Å². The van der Waals surface area contributed by atoms with E-state index < -0.39 is 0 Å². The fourth-order valence-corrected chi connectivity index (χ4v) is 2.11. The Balaban J connectivity index is 2.31. The number of carbonyl (C=O) groups excluding carboxylic acids is 1. The monoisotopic (exact) mass is 238 g/mol. The molecule has 0 saturated heterocycles. The van der Waals surface area contributed by atoms with Crippen LogP contribution in [0.2, 0.25) is 0 Å². The van der Waals surface area contributed by atoms with Crippen molar-refractivity contribution in [3.05, 3.63) is 12.3 Å². The highest BCUT2D eigenvalue weighted by Crippen LogP contribution is 2.23. The molecule has 2 unspecified atom stereocenters. The van der Waals surface area contributed by atoms with E-state index in [1.54, 1.807) is 6.20 Å². The van der Waals surface area contributed by atoms with Crippen LogP contribution < -0.4 is 10.6 Å². The van der Waals surface area contributed by atoms with Gasteiger partial charge in [-0.25, -0.2) is 4.79 Å². The number of rotatable bonds is 2. The Bertz CT molecular complexity index is 278. The SMILES string of the molecule is CC1CCCCC1NC(=O)N/C=C/C(C)(C)C. The van der Waals surface area contributed by atoms with Gasteiger partial charge < -0.3 is 10.6 Å². The summed E-state index contributed by atoms with van der Waals surface area (Å²) in [5, 5.41) is 5.83. The van der Waals surface area contributed by atoms with E-state index in [0.717, 1.165) is 6.42 Å². The Hall–Kier alpha value is -0.990. The lowest BCUT2D eigenvalue weighted by molar-refractivity contribution is 0.225. The van der Waals surface area contributed by atoms with Gasteiger partial charge in [-0.05, 0) is 24.2 Å². The summed E-state index contributed by atoms with van der Waals surface area (Å²) in [7, 11) is 0. The lowest BCUT2D eigenvalue weighted by Crippen LogP contribution is -2.44. The van der Waals surface area contributed by atoms with Crippen molar-refractivity contribution in [3.63, 3.8) is 0 Å². The molecular weight excluding hydrogens is 212 g/mol. The van der Waals surface area contributed by atoms with E-state index in [-0.39, 0.29) is 11.4 Å². The molecule has 0 bridgehead atoms. The first-order valence-corrected chi connectivity index (χ1v) is 6.63. The lowest BCUT2D eigenvalue weighted by atomic mass is 9.86. The zero-order valence-electron chi connectivity index (χ0n) is 11.5. The van der Waals surface area contributed by atoms with Gasteiger partial charge in [0.15, 0.2) is 0 Å². The minimum absolute atomic E-state index is 0.0794. The van der Waals surface area contributed by atoms with Crippen LogP contribution in [-0.4, -0.2) is 12.1 Å². The summed E-state index contributed by atoms with van der Waals surface area (Å²) in [5.41, 5.74) is 0.103. The maximum atomic E-state index is 11.7. The summed E-state index contributed by atoms with van der Waals surface area (Å²) in [5.74, 6) is 0.598. The largest absolute Gasteiger partial charge is 0.335 e. The van der Waals surface area contributed by atoms with Crippen molar-refractivity contribution in [1.82, 2.24) is 10.6 Å². The molecule has 1 aliphatic rings. The summed E-state index contributed by atoms with van der Waals surface area (Å²) in [6.07, 6.45) is 8.60. The Morgan fingerprint density at radius 1 is 1.24 bits per heavy atom. The molecule has 2 atom stereocenters. The molecule has 1 aliphatic carbocycles. The van der Waals surface area contributed by atoms with Gasteiger partial charge in [0.2, 0.25) is 0 Å². The van der Waals surface area contributed by atoms with Crippen LogP contribution in [0.5, 0.6) is 0 Å². The lowest BCUT2D eigenvalue weighted by Gasteiger charge is -2.29. The highest BCUT2D eigenvalue weighted by molar-refractivity contribution is 5.75. The molecule has 0 aromatic carbocycles. The quantitative estimate of drug-likeness (QED) is 0.760. The Kier molecular flexibility index (Phi) is 5.03. The van der Waals surface area contributed by atoms with Gasteiger partial charge in [-0.2, -0.15) is 0 Å². The first-order valence-electron chi connectivity index (χ1n) is 6.63. The molecule has 0 aromatic rings. The van der Waals surface area contributed by atoms with Crippen LogP contribution in [0, 0.1) is 11.3 Å². The van der Waals surface area contributed by atoms with Crippen LogP contribution in [0.4, 0.5) is 4.79 Å². The zero-order chi connectivity index (χ0) is 12.9. The highest BCUT2D eigenvalue weighted by atomic mass is 16.2. The molecule has 0 spiro atoms. The summed E-state index contributed by atoms with van der Waals surface area (Å²) in [6.45, 7) is 8.53. The molecule has 0 heterocycles. The van der Waals surface area contributed by atoms with Crippen molar-refractivity contribution in [2.75, 3.05) is 0 Å². The van der Waals surface area contributed by atoms with Crippen LogP contribution >= 0.6 is 0 Å². The van der Waals surface area contributed by atoms with Crippen molar-refractivity contribution in [1.29, 1.82) is 0 Å². The van der Waals surface area contributed by atoms with Crippen LogP contribution in [0.3, 0.4) is 0 Å². The Morgan fingerprint density at radius 2 is 1.88 bits per heavy atom. The highest BCUT2D eigenvalue weighted by Gasteiger charge is 2.22. The van der Waals surface area contributed by atoms with E-state index in [2.05, 4.69) is 38.3 Å². The van der Waals surface area contributed by atoms with E-state index in [1.807, 2.05) is 6.08 Å². The first-order chi connectivity index (χ1) is 7.88. The topological polar surface area (TPSA) is 41.1 Å². The minimum atomic E-state index is -0.0794. The third-order valence-electron chi connectivity index (χ3n) is 3.23. The fraction of sp³-hybridized carbons (Fsp3) is 0.786. The Morgan fingerprint density at radius 3 is 2.47 bits per heavy atom. The molecule has 1 rings (SSSR count). The fourth-order valence-electron chi connectivity index (χ4n) is 2.11. The molecule has 3 heteroatoms. The van der Waals surface area contributed by atoms with Gasteiger partial charge in [0.25, 0.3) is 0 Å². The van der Waals surface area contributed by atoms with Crippen LogP contribution in [-0.2, 0) is 0 Å². The smallest absolute Gasteiger partial charge is 0.318 e. The second kappa shape index (κ2) is 6.08. The average molecular weight is 238 g/mol. The van der Waals surface area contributed by atoms with Crippen LogP contribution in [0.25, 0.3) is 0 Å². The van der Waals surface area contributed by atoms with E-state index in [0.29, 0.717) is 12.0 Å². The number of urea groups is 1. The minimum Gasteiger partial charge on any atom is -0.335 e. The van der Waals surface area contributed by atoms with Crippen molar-refractivity contribution in [2.45, 2.75) is 59.4 Å². The molecule has 1 fully saturated rings. The van der Waals surface area contributed by atoms with Crippen molar-refractivity contribution in [2.24, 2.45) is 11.3 Å². The van der Waals surface area contributed by atoms with Crippen LogP contribution in [0.1, 0.15) is 53.4 Å². The van der Waals surface area contributed by atoms with Crippen molar-refractivity contribution in [3.8, 4) is 0 Å². The number of allylic oxidation sites excluding steroid dienone is 1. The summed E-state index contributed by atoms with van der Waals surface area (Å²) in [6, 6.07) is 0.260. The van der Waals surface area contributed by atoms with Gasteiger partial charge in [0, 0.05) is 12.2 Å². The molecule has 3 nitrogen and oxygen atoms in total.